The number of halogens is 1. The zero-order chi connectivity index (χ0) is 23.4. The number of nitrogens with zero attached hydrogens (tertiary/aromatic N) is 2. The van der Waals surface area contributed by atoms with Gasteiger partial charge in [0.2, 0.25) is 10.0 Å². The molecule has 0 spiro atoms. The predicted octanol–water partition coefficient (Wildman–Crippen LogP) is 4.49. The number of hydrogen-bond acceptors (Lipinski definition) is 5. The van der Waals surface area contributed by atoms with Crippen LogP contribution in [-0.4, -0.2) is 56.3 Å². The van der Waals surface area contributed by atoms with E-state index in [1.165, 1.54) is 27.8 Å². The minimum atomic E-state index is -3.76. The van der Waals surface area contributed by atoms with Gasteiger partial charge in [-0.2, -0.15) is 4.31 Å². The zero-order valence-electron chi connectivity index (χ0n) is 18.2. The number of carbonyl (C=O) groups is 1. The standard InChI is InChI=1S/C24H25FN2O4S2/c1-2-31-21-17-22(18-7-4-3-5-8-18)32-23(21)24(28)26-13-6-14-27(16-15-26)33(29,30)20-11-9-19(25)10-12-20/h3-5,7-12,17H,2,6,13-16H2,1H3. The highest BCUT2D eigenvalue weighted by Gasteiger charge is 2.30. The Morgan fingerprint density at radius 2 is 1.76 bits per heavy atom. The molecule has 1 aromatic heterocycles. The topological polar surface area (TPSA) is 66.9 Å². The Balaban J connectivity index is 1.53. The monoisotopic (exact) mass is 488 g/mol. The Morgan fingerprint density at radius 3 is 2.45 bits per heavy atom. The fourth-order valence-corrected chi connectivity index (χ4v) is 6.31. The Kier molecular flexibility index (Phi) is 7.11. The molecule has 1 aliphatic rings. The van der Waals surface area contributed by atoms with Crippen molar-refractivity contribution in [2.45, 2.75) is 18.2 Å². The molecule has 2 heterocycles. The van der Waals surface area contributed by atoms with Gasteiger partial charge in [-0.25, -0.2) is 12.8 Å². The van der Waals surface area contributed by atoms with E-state index in [0.717, 1.165) is 22.6 Å². The maximum absolute atomic E-state index is 13.4. The van der Waals surface area contributed by atoms with Crippen LogP contribution < -0.4 is 4.74 Å². The lowest BCUT2D eigenvalue weighted by Crippen LogP contribution is -2.37. The van der Waals surface area contributed by atoms with Crippen molar-refractivity contribution in [1.82, 2.24) is 9.21 Å². The summed E-state index contributed by atoms with van der Waals surface area (Å²) in [6.45, 7) is 3.49. The van der Waals surface area contributed by atoms with Crippen molar-refractivity contribution >= 4 is 27.3 Å². The number of sulfonamides is 1. The molecule has 1 saturated heterocycles. The van der Waals surface area contributed by atoms with Gasteiger partial charge < -0.3 is 9.64 Å². The van der Waals surface area contributed by atoms with E-state index < -0.39 is 15.8 Å². The second-order valence-corrected chi connectivity index (χ2v) is 10.6. The molecule has 4 rings (SSSR count). The Hall–Kier alpha value is -2.75. The van der Waals surface area contributed by atoms with Crippen LogP contribution in [0, 0.1) is 5.82 Å². The summed E-state index contributed by atoms with van der Waals surface area (Å²) < 4.78 is 46.3. The Labute approximate surface area is 197 Å². The summed E-state index contributed by atoms with van der Waals surface area (Å²) in [7, 11) is -3.76. The van der Waals surface area contributed by atoms with Crippen LogP contribution in [-0.2, 0) is 10.0 Å². The van der Waals surface area contributed by atoms with Gasteiger partial charge in [0.25, 0.3) is 5.91 Å². The molecule has 0 atom stereocenters. The first-order valence-electron chi connectivity index (χ1n) is 10.8. The number of rotatable bonds is 6. The predicted molar refractivity (Wildman–Crippen MR) is 127 cm³/mol. The largest absolute Gasteiger partial charge is 0.492 e. The molecule has 1 fully saturated rings. The van der Waals surface area contributed by atoms with Crippen LogP contribution in [0.25, 0.3) is 10.4 Å². The summed E-state index contributed by atoms with van der Waals surface area (Å²) in [5.74, 6) is -0.101. The van der Waals surface area contributed by atoms with Crippen molar-refractivity contribution in [2.24, 2.45) is 0 Å². The van der Waals surface area contributed by atoms with Gasteiger partial charge in [-0.15, -0.1) is 11.3 Å². The summed E-state index contributed by atoms with van der Waals surface area (Å²) in [5.41, 5.74) is 1.01. The maximum Gasteiger partial charge on any atom is 0.267 e. The Morgan fingerprint density at radius 1 is 1.03 bits per heavy atom. The van der Waals surface area contributed by atoms with Crippen LogP contribution in [0.3, 0.4) is 0 Å². The third-order valence-electron chi connectivity index (χ3n) is 5.44. The first-order chi connectivity index (χ1) is 15.9. The van der Waals surface area contributed by atoms with Gasteiger partial charge >= 0.3 is 0 Å². The molecular weight excluding hydrogens is 463 g/mol. The molecule has 0 N–H and O–H groups in total. The van der Waals surface area contributed by atoms with Crippen molar-refractivity contribution < 1.29 is 22.3 Å². The van der Waals surface area contributed by atoms with Crippen molar-refractivity contribution in [3.63, 3.8) is 0 Å². The molecule has 0 radical (unpaired) electrons. The van der Waals surface area contributed by atoms with Gasteiger partial charge in [0.05, 0.1) is 11.5 Å². The summed E-state index contributed by atoms with van der Waals surface area (Å²) in [4.78, 5) is 16.6. The van der Waals surface area contributed by atoms with Crippen LogP contribution in [0.1, 0.15) is 23.0 Å². The fourth-order valence-electron chi connectivity index (χ4n) is 3.77. The average Bonchev–Trinajstić information content (AvgIpc) is 3.07. The highest BCUT2D eigenvalue weighted by Crippen LogP contribution is 2.37. The number of carbonyl (C=O) groups excluding carboxylic acids is 1. The molecule has 3 aromatic rings. The van der Waals surface area contributed by atoms with E-state index in [-0.39, 0.29) is 23.9 Å². The van der Waals surface area contributed by atoms with E-state index in [2.05, 4.69) is 0 Å². The second-order valence-electron chi connectivity index (χ2n) is 7.61. The minimum absolute atomic E-state index is 0.0491. The van der Waals surface area contributed by atoms with E-state index in [4.69, 9.17) is 4.74 Å². The smallest absolute Gasteiger partial charge is 0.267 e. The van der Waals surface area contributed by atoms with E-state index >= 15 is 0 Å². The molecule has 174 valence electrons. The summed E-state index contributed by atoms with van der Waals surface area (Å²) in [5, 5.41) is 0. The first kappa shape index (κ1) is 23.4. The number of hydrogen-bond donors (Lipinski definition) is 0. The average molecular weight is 489 g/mol. The zero-order valence-corrected chi connectivity index (χ0v) is 19.9. The van der Waals surface area contributed by atoms with Gasteiger partial charge in [0, 0.05) is 31.1 Å². The maximum atomic E-state index is 13.4. The molecule has 2 aromatic carbocycles. The first-order valence-corrected chi connectivity index (χ1v) is 13.0. The molecule has 33 heavy (non-hydrogen) atoms. The molecular formula is C24H25FN2O4S2. The number of ether oxygens (including phenoxy) is 1. The highest BCUT2D eigenvalue weighted by molar-refractivity contribution is 7.89. The van der Waals surface area contributed by atoms with Crippen LogP contribution in [0.4, 0.5) is 4.39 Å². The van der Waals surface area contributed by atoms with Crippen LogP contribution in [0.15, 0.2) is 65.6 Å². The molecule has 1 aliphatic heterocycles. The normalized spacial score (nSPS) is 15.3. The molecule has 9 heteroatoms. The van der Waals surface area contributed by atoms with Crippen molar-refractivity contribution in [2.75, 3.05) is 32.8 Å². The summed E-state index contributed by atoms with van der Waals surface area (Å²) >= 11 is 1.38. The molecule has 0 unspecified atom stereocenters. The number of thiophene rings is 1. The van der Waals surface area contributed by atoms with E-state index in [1.807, 2.05) is 43.3 Å². The van der Waals surface area contributed by atoms with Crippen molar-refractivity contribution in [3.8, 4) is 16.2 Å². The summed E-state index contributed by atoms with van der Waals surface area (Å²) in [6.07, 6.45) is 0.507. The highest BCUT2D eigenvalue weighted by atomic mass is 32.2. The van der Waals surface area contributed by atoms with E-state index in [0.29, 0.717) is 36.7 Å². The van der Waals surface area contributed by atoms with Gasteiger partial charge in [-0.3, -0.25) is 4.79 Å². The second kappa shape index (κ2) is 10.0. The minimum Gasteiger partial charge on any atom is -0.492 e. The van der Waals surface area contributed by atoms with Gasteiger partial charge in [0.15, 0.2) is 0 Å². The molecule has 0 saturated carbocycles. The van der Waals surface area contributed by atoms with Crippen molar-refractivity contribution in [3.05, 3.63) is 71.4 Å². The van der Waals surface area contributed by atoms with Crippen LogP contribution in [0.2, 0.25) is 0 Å². The SMILES string of the molecule is CCOc1cc(-c2ccccc2)sc1C(=O)N1CCCN(S(=O)(=O)c2ccc(F)cc2)CC1. The van der Waals surface area contributed by atoms with Gasteiger partial charge in [0.1, 0.15) is 16.4 Å². The van der Waals surface area contributed by atoms with Crippen molar-refractivity contribution in [1.29, 1.82) is 0 Å². The fraction of sp³-hybridized carbons (Fsp3) is 0.292. The summed E-state index contributed by atoms with van der Waals surface area (Å²) in [6, 6.07) is 16.5. The molecule has 1 amide bonds. The van der Waals surface area contributed by atoms with E-state index in [9.17, 15) is 17.6 Å². The number of amides is 1. The van der Waals surface area contributed by atoms with Crippen LogP contribution in [0.5, 0.6) is 5.75 Å². The van der Waals surface area contributed by atoms with Gasteiger partial charge in [-0.1, -0.05) is 30.3 Å². The lowest BCUT2D eigenvalue weighted by Gasteiger charge is -2.22. The molecule has 0 bridgehead atoms. The molecule has 0 aliphatic carbocycles. The lowest BCUT2D eigenvalue weighted by atomic mass is 10.2. The lowest BCUT2D eigenvalue weighted by molar-refractivity contribution is 0.0765. The third-order valence-corrected chi connectivity index (χ3v) is 8.51. The quantitative estimate of drug-likeness (QED) is 0.513. The van der Waals surface area contributed by atoms with Crippen LogP contribution >= 0.6 is 11.3 Å². The van der Waals surface area contributed by atoms with Gasteiger partial charge in [-0.05, 0) is 49.2 Å². The molecule has 6 nitrogen and oxygen atoms in total. The number of benzene rings is 2. The van der Waals surface area contributed by atoms with E-state index in [1.54, 1.807) is 4.90 Å². The Bertz CT molecular complexity index is 1210. The third kappa shape index (κ3) is 5.10.